The first kappa shape index (κ1) is 22.4. The zero-order valence-corrected chi connectivity index (χ0v) is 16.7. The van der Waals surface area contributed by atoms with E-state index in [0.29, 0.717) is 0 Å². The first-order valence-corrected chi connectivity index (χ1v) is 11.0. The normalized spacial score (nSPS) is 18.0. The Morgan fingerprint density at radius 3 is 1.86 bits per heavy atom. The molecule has 1 aliphatic heterocycles. The molecular formula is C16H30Cl2N3Ti. The minimum atomic E-state index is -1.27. The Kier molecular flexibility index (Phi) is 14.0. The van der Waals surface area contributed by atoms with Crippen molar-refractivity contribution in [3.63, 3.8) is 0 Å². The molecule has 6 heteroatoms. The summed E-state index contributed by atoms with van der Waals surface area (Å²) in [4.78, 5) is 0. The molecule has 1 aromatic carbocycles. The monoisotopic (exact) mass is 382 g/mol. The summed E-state index contributed by atoms with van der Waals surface area (Å²) in [6.45, 7) is 7.15. The average Bonchev–Trinajstić information content (AvgIpc) is 2.48. The predicted molar refractivity (Wildman–Crippen MR) is 97.6 cm³/mol. The van der Waals surface area contributed by atoms with Crippen molar-refractivity contribution in [1.29, 1.82) is 0 Å². The van der Waals surface area contributed by atoms with Crippen molar-refractivity contribution in [2.75, 3.05) is 39.3 Å². The second-order valence-electron chi connectivity index (χ2n) is 5.50. The molecule has 0 aliphatic carbocycles. The molecule has 22 heavy (non-hydrogen) atoms. The maximum atomic E-state index is 3.55. The van der Waals surface area contributed by atoms with Gasteiger partial charge in [0.25, 0.3) is 0 Å². The van der Waals surface area contributed by atoms with Gasteiger partial charge in [0.2, 0.25) is 0 Å². The van der Waals surface area contributed by atoms with E-state index in [9.17, 15) is 0 Å². The molecule has 0 aromatic heterocycles. The van der Waals surface area contributed by atoms with Gasteiger partial charge in [-0.2, -0.15) is 0 Å². The second kappa shape index (κ2) is 13.8. The summed E-state index contributed by atoms with van der Waals surface area (Å²) >= 11 is -1.27. The van der Waals surface area contributed by atoms with E-state index in [4.69, 9.17) is 0 Å². The van der Waals surface area contributed by atoms with Crippen LogP contribution in [0, 0.1) is 0 Å². The zero-order valence-electron chi connectivity index (χ0n) is 13.5. The molecule has 127 valence electrons. The molecule has 0 unspecified atom stereocenters. The first-order chi connectivity index (χ1) is 9.88. The Hall–Kier alpha value is 0.394. The standard InChI is InChI=1S/C9H20N3.C6H5.CH3.2ClH.Ti/c1-4-10-6-2-8-12-9-3-7-11-5-1;1-2-4-6-5-3-1;;;;/h10-11H,1-9H2;1-5H;1H3;2*1H;/q-1;;;;;+1. The molecule has 1 saturated heterocycles. The first-order valence-electron chi connectivity index (χ1n) is 7.93. The van der Waals surface area contributed by atoms with Crippen LogP contribution < -0.4 is 14.5 Å². The van der Waals surface area contributed by atoms with Gasteiger partial charge in [-0.3, -0.25) is 0 Å². The molecule has 0 bridgehead atoms. The van der Waals surface area contributed by atoms with Gasteiger partial charge in [-0.25, -0.2) is 0 Å². The van der Waals surface area contributed by atoms with Gasteiger partial charge in [0.1, 0.15) is 0 Å². The minimum absolute atomic E-state index is 0. The fourth-order valence-corrected chi connectivity index (χ4v) is 5.85. The summed E-state index contributed by atoms with van der Waals surface area (Å²) in [5.41, 5.74) is 0. The van der Waals surface area contributed by atoms with Crippen molar-refractivity contribution < 1.29 is 18.1 Å². The number of nitrogens with zero attached hydrogens (tertiary/aromatic N) is 1. The Labute approximate surface area is 154 Å². The van der Waals surface area contributed by atoms with E-state index in [1.54, 1.807) is 3.87 Å². The molecule has 1 heterocycles. The zero-order chi connectivity index (χ0) is 14.0. The number of hydrogen-bond donors (Lipinski definition) is 2. The van der Waals surface area contributed by atoms with Gasteiger partial charge in [-0.05, 0) is 0 Å². The van der Waals surface area contributed by atoms with Crippen molar-refractivity contribution in [3.8, 4) is 0 Å². The molecule has 0 saturated carbocycles. The topological polar surface area (TPSA) is 27.3 Å². The number of halogens is 2. The molecule has 0 spiro atoms. The van der Waals surface area contributed by atoms with Crippen LogP contribution in [0.3, 0.4) is 0 Å². The molecule has 3 nitrogen and oxygen atoms in total. The van der Waals surface area contributed by atoms with E-state index in [1.807, 2.05) is 0 Å². The third-order valence-electron chi connectivity index (χ3n) is 3.94. The molecule has 1 fully saturated rings. The summed E-state index contributed by atoms with van der Waals surface area (Å²) in [6, 6.07) is 11.1. The van der Waals surface area contributed by atoms with Gasteiger partial charge >= 0.3 is 130 Å². The SMILES string of the molecule is Cl.Cl.[CH3][Ti]([c]1ccccc1)[N]1CCCNCCCNCCC1. The van der Waals surface area contributed by atoms with Crippen LogP contribution in [0.15, 0.2) is 30.3 Å². The van der Waals surface area contributed by atoms with Crippen LogP contribution in [0.1, 0.15) is 19.3 Å². The van der Waals surface area contributed by atoms with E-state index >= 15 is 0 Å². The van der Waals surface area contributed by atoms with Crippen molar-refractivity contribution in [3.05, 3.63) is 30.3 Å². The number of hydrogen-bond acceptors (Lipinski definition) is 3. The third kappa shape index (κ3) is 8.30. The Morgan fingerprint density at radius 1 is 0.818 bits per heavy atom. The number of nitrogens with one attached hydrogen (secondary N) is 2. The molecule has 0 radical (unpaired) electrons. The molecule has 1 aliphatic rings. The van der Waals surface area contributed by atoms with Crippen LogP contribution in [0.2, 0.25) is 5.23 Å². The average molecular weight is 383 g/mol. The maximum absolute atomic E-state index is 3.55. The summed E-state index contributed by atoms with van der Waals surface area (Å²) in [5.74, 6) is 0. The van der Waals surface area contributed by atoms with Crippen LogP contribution in [0.5, 0.6) is 0 Å². The fourth-order valence-electron chi connectivity index (χ4n) is 2.69. The number of benzene rings is 1. The van der Waals surface area contributed by atoms with Crippen molar-refractivity contribution in [2.45, 2.75) is 24.5 Å². The summed E-state index contributed by atoms with van der Waals surface area (Å²) < 4.78 is 4.39. The molecule has 1 aromatic rings. The van der Waals surface area contributed by atoms with Crippen LogP contribution in [-0.4, -0.2) is 42.7 Å². The van der Waals surface area contributed by atoms with Crippen LogP contribution in [-0.2, 0) is 18.1 Å². The van der Waals surface area contributed by atoms with E-state index in [1.165, 1.54) is 32.4 Å². The van der Waals surface area contributed by atoms with Crippen molar-refractivity contribution in [2.24, 2.45) is 0 Å². The predicted octanol–water partition coefficient (Wildman–Crippen LogP) is 2.40. The fraction of sp³-hybridized carbons (Fsp3) is 0.625. The summed E-state index contributed by atoms with van der Waals surface area (Å²) in [5, 5.41) is 9.61. The van der Waals surface area contributed by atoms with E-state index in [-0.39, 0.29) is 24.8 Å². The van der Waals surface area contributed by atoms with Gasteiger partial charge < -0.3 is 0 Å². The van der Waals surface area contributed by atoms with Gasteiger partial charge in [0.15, 0.2) is 0 Å². The van der Waals surface area contributed by atoms with E-state index < -0.39 is 18.1 Å². The molecule has 0 atom stereocenters. The van der Waals surface area contributed by atoms with E-state index in [0.717, 1.165) is 26.2 Å². The van der Waals surface area contributed by atoms with Gasteiger partial charge in [0, 0.05) is 0 Å². The summed E-state index contributed by atoms with van der Waals surface area (Å²) in [6.07, 6.45) is 3.82. The molecule has 2 rings (SSSR count). The molecule has 0 amide bonds. The van der Waals surface area contributed by atoms with Crippen LogP contribution >= 0.6 is 24.8 Å². The third-order valence-corrected chi connectivity index (χ3v) is 7.94. The molecule has 2 N–H and O–H groups in total. The van der Waals surface area contributed by atoms with Gasteiger partial charge in [-0.15, -0.1) is 24.8 Å². The Balaban J connectivity index is 0.00000220. The summed E-state index contributed by atoms with van der Waals surface area (Å²) in [7, 11) is 0. The van der Waals surface area contributed by atoms with Gasteiger partial charge in [0.05, 0.1) is 0 Å². The van der Waals surface area contributed by atoms with Crippen LogP contribution in [0.25, 0.3) is 0 Å². The van der Waals surface area contributed by atoms with Gasteiger partial charge in [-0.1, -0.05) is 0 Å². The number of rotatable bonds is 2. The quantitative estimate of drug-likeness (QED) is 0.769. The van der Waals surface area contributed by atoms with Crippen molar-refractivity contribution >= 4 is 28.7 Å². The Bertz CT molecular complexity index is 356. The van der Waals surface area contributed by atoms with E-state index in [2.05, 4.69) is 49.6 Å². The Morgan fingerprint density at radius 2 is 1.32 bits per heavy atom. The van der Waals surface area contributed by atoms with Crippen LogP contribution in [0.4, 0.5) is 0 Å². The molecular weight excluding hydrogens is 353 g/mol. The van der Waals surface area contributed by atoms with Crippen molar-refractivity contribution in [1.82, 2.24) is 14.0 Å². The second-order valence-corrected chi connectivity index (χ2v) is 9.22.